The van der Waals surface area contributed by atoms with Crippen LogP contribution in [-0.2, 0) is 10.0 Å². The van der Waals surface area contributed by atoms with Crippen LogP contribution in [0.1, 0.15) is 55.2 Å². The van der Waals surface area contributed by atoms with Crippen molar-refractivity contribution in [2.45, 2.75) is 68.9 Å². The summed E-state index contributed by atoms with van der Waals surface area (Å²) in [5.41, 5.74) is 2.12. The Morgan fingerprint density at radius 1 is 1.12 bits per heavy atom. The SMILES string of the molecule is Cc1ccc(S(=O)(=O)Nc2nc(=O)n3c(C)c(C)sc(SCC4(C)CCCCC4)c2-3)cc1. The minimum Gasteiger partial charge on any atom is -0.261 e. The van der Waals surface area contributed by atoms with E-state index >= 15 is 0 Å². The van der Waals surface area contributed by atoms with Gasteiger partial charge in [-0.15, -0.1) is 23.1 Å². The van der Waals surface area contributed by atoms with Crippen LogP contribution < -0.4 is 10.4 Å². The van der Waals surface area contributed by atoms with Gasteiger partial charge in [0.15, 0.2) is 5.82 Å². The number of sulfonamides is 1. The number of rotatable bonds is 6. The van der Waals surface area contributed by atoms with Crippen LogP contribution in [0.15, 0.2) is 38.2 Å². The fraction of sp³-hybridized carbons (Fsp3) is 0.478. The van der Waals surface area contributed by atoms with Crippen molar-refractivity contribution >= 4 is 38.9 Å². The molecule has 1 aromatic carbocycles. The van der Waals surface area contributed by atoms with Crippen molar-refractivity contribution < 1.29 is 8.42 Å². The molecule has 2 aliphatic heterocycles. The number of hydrogen-bond donors (Lipinski definition) is 1. The van der Waals surface area contributed by atoms with Gasteiger partial charge in [0.1, 0.15) is 5.69 Å². The summed E-state index contributed by atoms with van der Waals surface area (Å²) in [6.45, 7) is 8.09. The lowest BCUT2D eigenvalue weighted by atomic mass is 9.77. The van der Waals surface area contributed by atoms with E-state index in [1.165, 1.54) is 32.1 Å². The number of nitrogens with zero attached hydrogens (tertiary/aromatic N) is 2. The lowest BCUT2D eigenvalue weighted by Gasteiger charge is -2.33. The van der Waals surface area contributed by atoms with Crippen LogP contribution >= 0.6 is 23.1 Å². The second kappa shape index (κ2) is 8.83. The Balaban J connectivity index is 1.73. The summed E-state index contributed by atoms with van der Waals surface area (Å²) in [6, 6.07) is 6.62. The van der Waals surface area contributed by atoms with Crippen molar-refractivity contribution in [1.82, 2.24) is 9.55 Å². The van der Waals surface area contributed by atoms with E-state index < -0.39 is 15.7 Å². The molecular formula is C23H29N3O3S3. The fourth-order valence-electron chi connectivity index (χ4n) is 4.18. The first-order valence-electron chi connectivity index (χ1n) is 10.8. The topological polar surface area (TPSA) is 81.1 Å². The summed E-state index contributed by atoms with van der Waals surface area (Å²) in [6.07, 6.45) is 6.20. The summed E-state index contributed by atoms with van der Waals surface area (Å²) in [7, 11) is -3.86. The van der Waals surface area contributed by atoms with Gasteiger partial charge < -0.3 is 0 Å². The van der Waals surface area contributed by atoms with E-state index in [2.05, 4.69) is 16.6 Å². The van der Waals surface area contributed by atoms with E-state index in [1.807, 2.05) is 20.8 Å². The highest BCUT2D eigenvalue weighted by molar-refractivity contribution is 8.01. The van der Waals surface area contributed by atoms with Crippen molar-refractivity contribution in [1.29, 1.82) is 0 Å². The zero-order chi connectivity index (χ0) is 23.1. The number of aromatic nitrogens is 2. The fourth-order valence-corrected chi connectivity index (χ4v) is 7.87. The molecule has 0 atom stereocenters. The van der Waals surface area contributed by atoms with Gasteiger partial charge in [-0.05, 0) is 51.2 Å². The smallest absolute Gasteiger partial charge is 0.261 e. The molecule has 4 rings (SSSR count). The Hall–Kier alpha value is -1.84. The quantitative estimate of drug-likeness (QED) is 0.459. The summed E-state index contributed by atoms with van der Waals surface area (Å²) < 4.78 is 31.1. The zero-order valence-corrected chi connectivity index (χ0v) is 21.3. The van der Waals surface area contributed by atoms with E-state index in [-0.39, 0.29) is 16.1 Å². The highest BCUT2D eigenvalue weighted by Crippen LogP contribution is 2.44. The first-order valence-corrected chi connectivity index (χ1v) is 14.1. The Morgan fingerprint density at radius 3 is 2.44 bits per heavy atom. The van der Waals surface area contributed by atoms with Crippen LogP contribution in [0, 0.1) is 26.2 Å². The van der Waals surface area contributed by atoms with E-state index in [1.54, 1.807) is 51.9 Å². The molecular weight excluding hydrogens is 462 g/mol. The number of thioether (sulfide) groups is 1. The number of hydrogen-bond acceptors (Lipinski definition) is 6. The molecule has 0 saturated heterocycles. The van der Waals surface area contributed by atoms with Crippen LogP contribution in [-0.4, -0.2) is 23.7 Å². The Kier molecular flexibility index (Phi) is 6.44. The number of nitrogens with one attached hydrogen (secondary N) is 1. The first-order chi connectivity index (χ1) is 15.1. The number of fused-ring (bicyclic) bond motifs is 1. The van der Waals surface area contributed by atoms with Crippen molar-refractivity contribution in [2.24, 2.45) is 5.41 Å². The number of anilines is 1. The third-order valence-electron chi connectivity index (χ3n) is 6.31. The zero-order valence-electron chi connectivity index (χ0n) is 18.9. The molecule has 0 unspecified atom stereocenters. The molecule has 0 amide bonds. The second-order valence-electron chi connectivity index (χ2n) is 9.04. The Bertz CT molecular complexity index is 1250. The van der Waals surface area contributed by atoms with Crippen LogP contribution in [0.5, 0.6) is 0 Å². The maximum Gasteiger partial charge on any atom is 0.354 e. The van der Waals surface area contributed by atoms with E-state index in [0.29, 0.717) is 5.69 Å². The lowest BCUT2D eigenvalue weighted by molar-refractivity contribution is 0.251. The molecule has 1 aromatic rings. The molecule has 0 bridgehead atoms. The van der Waals surface area contributed by atoms with Gasteiger partial charge in [-0.1, -0.05) is 43.9 Å². The molecule has 1 saturated carbocycles. The normalized spacial score (nSPS) is 16.4. The molecule has 1 N–H and O–H groups in total. The standard InChI is InChI=1S/C23H29N3O3S3/c1-15-8-10-18(11-9-15)32(28,29)25-20-19-21(30-14-23(4)12-6-5-7-13-23)31-17(3)16(2)26(19)22(27)24-20/h8-11H,5-7,12-14H2,1-4H3,(H,24,25,27). The van der Waals surface area contributed by atoms with Crippen LogP contribution in [0.4, 0.5) is 5.82 Å². The maximum absolute atomic E-state index is 13.0. The second-order valence-corrected chi connectivity index (χ2v) is 13.2. The number of imidazole rings is 1. The minimum atomic E-state index is -3.86. The molecule has 172 valence electrons. The van der Waals surface area contributed by atoms with Crippen molar-refractivity contribution in [3.63, 3.8) is 0 Å². The van der Waals surface area contributed by atoms with E-state index in [9.17, 15) is 13.2 Å². The average Bonchev–Trinajstić information content (AvgIpc) is 3.06. The molecule has 0 radical (unpaired) electrons. The van der Waals surface area contributed by atoms with Crippen LogP contribution in [0.3, 0.4) is 0 Å². The Labute approximate surface area is 197 Å². The maximum atomic E-state index is 13.0. The van der Waals surface area contributed by atoms with Gasteiger partial charge >= 0.3 is 5.69 Å². The molecule has 6 nitrogen and oxygen atoms in total. The van der Waals surface area contributed by atoms with Crippen LogP contribution in [0.2, 0.25) is 0 Å². The minimum absolute atomic E-state index is 0.103. The molecule has 2 heterocycles. The average molecular weight is 492 g/mol. The summed E-state index contributed by atoms with van der Waals surface area (Å²) in [5, 5.41) is 0. The van der Waals surface area contributed by atoms with Gasteiger partial charge in [0.05, 0.1) is 9.10 Å². The van der Waals surface area contributed by atoms with Gasteiger partial charge in [-0.25, -0.2) is 13.2 Å². The summed E-state index contributed by atoms with van der Waals surface area (Å²) in [5.74, 6) is 1.04. The molecule has 0 spiro atoms. The largest absolute Gasteiger partial charge is 0.354 e. The predicted molar refractivity (Wildman–Crippen MR) is 132 cm³/mol. The van der Waals surface area contributed by atoms with Gasteiger partial charge in [0.25, 0.3) is 10.0 Å². The molecule has 0 aromatic heterocycles. The molecule has 9 heteroatoms. The predicted octanol–water partition coefficient (Wildman–Crippen LogP) is 5.52. The highest BCUT2D eigenvalue weighted by atomic mass is 32.2. The van der Waals surface area contributed by atoms with E-state index in [4.69, 9.17) is 0 Å². The summed E-state index contributed by atoms with van der Waals surface area (Å²) >= 11 is 3.31. The Morgan fingerprint density at radius 2 is 1.78 bits per heavy atom. The third-order valence-corrected chi connectivity index (χ3v) is 10.5. The number of benzene rings is 1. The van der Waals surface area contributed by atoms with Crippen molar-refractivity contribution in [2.75, 3.05) is 10.5 Å². The van der Waals surface area contributed by atoms with Crippen molar-refractivity contribution in [3.8, 4) is 5.69 Å². The monoisotopic (exact) mass is 491 g/mol. The van der Waals surface area contributed by atoms with Crippen LogP contribution in [0.25, 0.3) is 5.69 Å². The van der Waals surface area contributed by atoms with Crippen molar-refractivity contribution in [3.05, 3.63) is 50.9 Å². The molecule has 1 aliphatic carbocycles. The third kappa shape index (κ3) is 4.61. The van der Waals surface area contributed by atoms with E-state index in [0.717, 1.165) is 26.1 Å². The lowest BCUT2D eigenvalue weighted by Crippen LogP contribution is -2.23. The molecule has 32 heavy (non-hydrogen) atoms. The van der Waals surface area contributed by atoms with Gasteiger partial charge in [-0.2, -0.15) is 4.98 Å². The first kappa shape index (κ1) is 23.3. The van der Waals surface area contributed by atoms with Gasteiger partial charge in [0, 0.05) is 16.3 Å². The van der Waals surface area contributed by atoms with Gasteiger partial charge in [-0.3, -0.25) is 9.29 Å². The molecule has 1 fully saturated rings. The summed E-state index contributed by atoms with van der Waals surface area (Å²) in [4.78, 5) is 18.0. The highest BCUT2D eigenvalue weighted by Gasteiger charge is 2.30. The van der Waals surface area contributed by atoms with Gasteiger partial charge in [0.2, 0.25) is 0 Å². The number of aryl methyl sites for hydroxylation is 2. The molecule has 3 aliphatic rings.